The Balaban J connectivity index is 1.27. The molecular formula is C17H15ClN8O2. The highest BCUT2D eigenvalue weighted by atomic mass is 35.5. The monoisotopic (exact) mass is 398 g/mol. The van der Waals surface area contributed by atoms with Gasteiger partial charge in [-0.1, -0.05) is 35.5 Å². The number of carbonyl (C=O) groups excluding carboxylic acids is 1. The standard InChI is InChI=1S/C17H15ClN8O2/c18-17-24-15(13-16(25-17)22-9-21-13)20-8-11(27)19-7-6-12-23-14(26-28-12)10-4-2-1-3-5-10/h1-5,9H,6-8H2,(H,19,27)(H2,20,21,22,24,25). The van der Waals surface area contributed by atoms with Crippen LogP contribution in [0.3, 0.4) is 0 Å². The molecule has 0 aliphatic carbocycles. The van der Waals surface area contributed by atoms with Gasteiger partial charge in [0, 0.05) is 18.5 Å². The minimum absolute atomic E-state index is 0.0144. The maximum Gasteiger partial charge on any atom is 0.239 e. The van der Waals surface area contributed by atoms with Crippen LogP contribution in [0.15, 0.2) is 41.2 Å². The third-order valence-corrected chi connectivity index (χ3v) is 4.00. The third-order valence-electron chi connectivity index (χ3n) is 3.84. The van der Waals surface area contributed by atoms with E-state index in [1.165, 1.54) is 6.33 Å². The van der Waals surface area contributed by atoms with Crippen molar-refractivity contribution in [2.45, 2.75) is 6.42 Å². The van der Waals surface area contributed by atoms with E-state index >= 15 is 0 Å². The van der Waals surface area contributed by atoms with Crippen molar-refractivity contribution in [2.75, 3.05) is 18.4 Å². The Kier molecular flexibility index (Phi) is 5.11. The third kappa shape index (κ3) is 4.07. The number of nitrogens with one attached hydrogen (secondary N) is 3. The predicted octanol–water partition coefficient (Wildman–Crippen LogP) is 1.83. The van der Waals surface area contributed by atoms with E-state index in [4.69, 9.17) is 16.1 Å². The van der Waals surface area contributed by atoms with Gasteiger partial charge in [0.05, 0.1) is 12.9 Å². The lowest BCUT2D eigenvalue weighted by molar-refractivity contribution is -0.119. The number of rotatable bonds is 7. The molecule has 11 heteroatoms. The van der Waals surface area contributed by atoms with Gasteiger partial charge < -0.3 is 20.1 Å². The first-order valence-electron chi connectivity index (χ1n) is 8.44. The van der Waals surface area contributed by atoms with Crippen molar-refractivity contribution in [3.63, 3.8) is 0 Å². The SMILES string of the molecule is O=C(CNc1nc(Cl)nc2nc[nH]c12)NCCc1nc(-c2ccccc2)no1. The minimum atomic E-state index is -0.217. The summed E-state index contributed by atoms with van der Waals surface area (Å²) in [5.74, 6) is 1.17. The topological polar surface area (TPSA) is 135 Å². The second kappa shape index (κ2) is 8.01. The summed E-state index contributed by atoms with van der Waals surface area (Å²) in [5.41, 5.74) is 1.88. The average molecular weight is 399 g/mol. The van der Waals surface area contributed by atoms with E-state index in [-0.39, 0.29) is 17.7 Å². The van der Waals surface area contributed by atoms with Crippen molar-refractivity contribution in [3.8, 4) is 11.4 Å². The first kappa shape index (κ1) is 17.9. The molecule has 10 nitrogen and oxygen atoms in total. The van der Waals surface area contributed by atoms with Crippen molar-refractivity contribution >= 4 is 34.5 Å². The van der Waals surface area contributed by atoms with Gasteiger partial charge in [-0.15, -0.1) is 0 Å². The Bertz CT molecular complexity index is 1090. The van der Waals surface area contributed by atoms with E-state index in [1.807, 2.05) is 30.3 Å². The van der Waals surface area contributed by atoms with Crippen LogP contribution in [0.2, 0.25) is 5.28 Å². The molecule has 0 aliphatic rings. The number of amides is 1. The number of nitrogens with zero attached hydrogens (tertiary/aromatic N) is 5. The molecule has 0 spiro atoms. The summed E-state index contributed by atoms with van der Waals surface area (Å²) < 4.78 is 5.21. The van der Waals surface area contributed by atoms with Crippen molar-refractivity contribution in [1.29, 1.82) is 0 Å². The molecule has 4 rings (SSSR count). The number of benzene rings is 1. The van der Waals surface area contributed by atoms with E-state index in [0.717, 1.165) is 5.56 Å². The van der Waals surface area contributed by atoms with Crippen molar-refractivity contribution in [1.82, 2.24) is 35.4 Å². The molecule has 142 valence electrons. The van der Waals surface area contributed by atoms with Crippen molar-refractivity contribution < 1.29 is 9.32 Å². The second-order valence-electron chi connectivity index (χ2n) is 5.77. The maximum absolute atomic E-state index is 12.1. The zero-order valence-electron chi connectivity index (χ0n) is 14.5. The van der Waals surface area contributed by atoms with Crippen LogP contribution in [0, 0.1) is 0 Å². The average Bonchev–Trinajstić information content (AvgIpc) is 3.36. The van der Waals surface area contributed by atoms with Gasteiger partial charge in [0.2, 0.25) is 22.9 Å². The molecule has 3 aromatic heterocycles. The summed E-state index contributed by atoms with van der Waals surface area (Å²) in [7, 11) is 0. The molecule has 0 fully saturated rings. The molecule has 0 unspecified atom stereocenters. The van der Waals surface area contributed by atoms with Crippen LogP contribution < -0.4 is 10.6 Å². The lowest BCUT2D eigenvalue weighted by Crippen LogP contribution is -2.31. The number of aromatic nitrogens is 6. The minimum Gasteiger partial charge on any atom is -0.359 e. The Morgan fingerprint density at radius 1 is 1.18 bits per heavy atom. The number of hydrogen-bond acceptors (Lipinski definition) is 8. The van der Waals surface area contributed by atoms with Crippen molar-refractivity contribution in [2.24, 2.45) is 0 Å². The summed E-state index contributed by atoms with van der Waals surface area (Å²) in [6.07, 6.45) is 1.91. The van der Waals surface area contributed by atoms with E-state index in [9.17, 15) is 4.79 Å². The van der Waals surface area contributed by atoms with Crippen LogP contribution in [0.25, 0.3) is 22.6 Å². The van der Waals surface area contributed by atoms with Crippen LogP contribution in [-0.4, -0.2) is 49.1 Å². The molecule has 1 amide bonds. The van der Waals surface area contributed by atoms with E-state index in [1.54, 1.807) is 0 Å². The molecule has 28 heavy (non-hydrogen) atoms. The summed E-state index contributed by atoms with van der Waals surface area (Å²) in [6.45, 7) is 0.376. The Morgan fingerprint density at radius 3 is 2.89 bits per heavy atom. The van der Waals surface area contributed by atoms with Crippen LogP contribution in [0.4, 0.5) is 5.82 Å². The number of carbonyl (C=O) groups is 1. The molecule has 3 N–H and O–H groups in total. The highest BCUT2D eigenvalue weighted by molar-refractivity contribution is 6.28. The van der Waals surface area contributed by atoms with Gasteiger partial charge in [-0.25, -0.2) is 4.98 Å². The number of anilines is 1. The largest absolute Gasteiger partial charge is 0.359 e. The lowest BCUT2D eigenvalue weighted by atomic mass is 10.2. The fraction of sp³-hybridized carbons (Fsp3) is 0.176. The highest BCUT2D eigenvalue weighted by Gasteiger charge is 2.11. The fourth-order valence-electron chi connectivity index (χ4n) is 2.53. The zero-order valence-corrected chi connectivity index (χ0v) is 15.3. The van der Waals surface area contributed by atoms with E-state index < -0.39 is 0 Å². The molecule has 0 atom stereocenters. The van der Waals surface area contributed by atoms with Gasteiger partial charge >= 0.3 is 0 Å². The van der Waals surface area contributed by atoms with Gasteiger partial charge in [-0.2, -0.15) is 15.0 Å². The summed E-state index contributed by atoms with van der Waals surface area (Å²) in [5, 5.41) is 9.69. The molecule has 0 aliphatic heterocycles. The van der Waals surface area contributed by atoms with Crippen LogP contribution in [-0.2, 0) is 11.2 Å². The first-order chi connectivity index (χ1) is 13.7. The Hall–Kier alpha value is -3.53. The quantitative estimate of drug-likeness (QED) is 0.401. The smallest absolute Gasteiger partial charge is 0.239 e. The first-order valence-corrected chi connectivity index (χ1v) is 8.82. The molecule has 3 heterocycles. The van der Waals surface area contributed by atoms with Gasteiger partial charge in [0.25, 0.3) is 0 Å². The van der Waals surface area contributed by atoms with Gasteiger partial charge in [-0.05, 0) is 11.6 Å². The number of H-pyrrole nitrogens is 1. The molecular weight excluding hydrogens is 384 g/mol. The van der Waals surface area contributed by atoms with E-state index in [2.05, 4.69) is 40.7 Å². The molecule has 1 aromatic carbocycles. The lowest BCUT2D eigenvalue weighted by Gasteiger charge is -2.07. The summed E-state index contributed by atoms with van der Waals surface area (Å²) in [4.78, 5) is 31.3. The van der Waals surface area contributed by atoms with E-state index in [0.29, 0.717) is 41.7 Å². The number of hydrogen-bond donors (Lipinski definition) is 3. The number of fused-ring (bicyclic) bond motifs is 1. The summed E-state index contributed by atoms with van der Waals surface area (Å²) >= 11 is 5.85. The molecule has 0 radical (unpaired) electrons. The van der Waals surface area contributed by atoms with Crippen LogP contribution in [0.5, 0.6) is 0 Å². The zero-order chi connectivity index (χ0) is 19.3. The van der Waals surface area contributed by atoms with Gasteiger partial charge in [0.1, 0.15) is 5.52 Å². The Morgan fingerprint density at radius 2 is 2.04 bits per heavy atom. The summed E-state index contributed by atoms with van der Waals surface area (Å²) in [6, 6.07) is 9.53. The highest BCUT2D eigenvalue weighted by Crippen LogP contribution is 2.18. The second-order valence-corrected chi connectivity index (χ2v) is 6.11. The van der Waals surface area contributed by atoms with Gasteiger partial charge in [-0.3, -0.25) is 4.79 Å². The molecule has 0 bridgehead atoms. The molecule has 0 saturated carbocycles. The fourth-order valence-corrected chi connectivity index (χ4v) is 2.70. The number of imidazole rings is 1. The van der Waals surface area contributed by atoms with Gasteiger partial charge in [0.15, 0.2) is 11.5 Å². The van der Waals surface area contributed by atoms with Crippen molar-refractivity contribution in [3.05, 3.63) is 47.8 Å². The normalized spacial score (nSPS) is 10.9. The van der Waals surface area contributed by atoms with Crippen LogP contribution in [0.1, 0.15) is 5.89 Å². The van der Waals surface area contributed by atoms with Crippen LogP contribution >= 0.6 is 11.6 Å². The maximum atomic E-state index is 12.1. The molecule has 0 saturated heterocycles. The predicted molar refractivity (Wildman–Crippen MR) is 102 cm³/mol. The number of aromatic amines is 1. The molecule has 4 aromatic rings. The Labute approximate surface area is 163 Å². The number of halogens is 1.